The minimum atomic E-state index is -4.05. The van der Waals surface area contributed by atoms with Gasteiger partial charge in [-0.3, -0.25) is 4.79 Å². The summed E-state index contributed by atoms with van der Waals surface area (Å²) >= 11 is 0. The monoisotopic (exact) mass is 396 g/mol. The van der Waals surface area contributed by atoms with Crippen molar-refractivity contribution >= 4 is 15.8 Å². The number of ether oxygens (including phenoxy) is 1. The van der Waals surface area contributed by atoms with Crippen LogP contribution in [-0.2, 0) is 14.6 Å². The molecule has 0 aliphatic carbocycles. The van der Waals surface area contributed by atoms with Crippen molar-refractivity contribution in [2.45, 2.75) is 23.0 Å². The van der Waals surface area contributed by atoms with Crippen LogP contribution < -0.4 is 4.74 Å². The van der Waals surface area contributed by atoms with Gasteiger partial charge < -0.3 is 4.74 Å². The lowest BCUT2D eigenvalue weighted by Gasteiger charge is -2.32. The van der Waals surface area contributed by atoms with Gasteiger partial charge in [-0.2, -0.15) is 0 Å². The van der Waals surface area contributed by atoms with Crippen molar-refractivity contribution in [1.82, 2.24) is 0 Å². The quantitative estimate of drug-likeness (QED) is 0.495. The van der Waals surface area contributed by atoms with E-state index in [9.17, 15) is 17.6 Å². The maximum absolute atomic E-state index is 13.5. The number of fused-ring (bicyclic) bond motifs is 1. The number of aryl methyl sites for hydroxylation is 1. The smallest absolute Gasteiger partial charge is 0.331 e. The molecule has 1 aliphatic heterocycles. The summed E-state index contributed by atoms with van der Waals surface area (Å²) in [6.07, 6.45) is 0. The Labute approximate surface area is 162 Å². The Morgan fingerprint density at radius 3 is 2.21 bits per heavy atom. The van der Waals surface area contributed by atoms with Crippen molar-refractivity contribution in [1.29, 1.82) is 0 Å². The summed E-state index contributed by atoms with van der Waals surface area (Å²) in [7, 11) is -4.05. The van der Waals surface area contributed by atoms with E-state index >= 15 is 0 Å². The number of halogens is 1. The van der Waals surface area contributed by atoms with Crippen LogP contribution in [0.2, 0.25) is 0 Å². The lowest BCUT2D eigenvalue weighted by atomic mass is 9.86. The number of benzene rings is 3. The fourth-order valence-corrected chi connectivity index (χ4v) is 5.27. The molecule has 2 atom stereocenters. The normalized spacial score (nSPS) is 19.0. The zero-order valence-corrected chi connectivity index (χ0v) is 15.8. The maximum Gasteiger partial charge on any atom is 0.331 e. The Kier molecular flexibility index (Phi) is 4.51. The van der Waals surface area contributed by atoms with Gasteiger partial charge in [0, 0.05) is 11.5 Å². The van der Waals surface area contributed by atoms with Crippen LogP contribution in [-0.4, -0.2) is 19.6 Å². The molecular formula is C22H17FO4S. The second-order valence-electron chi connectivity index (χ2n) is 6.77. The van der Waals surface area contributed by atoms with E-state index in [0.717, 1.165) is 5.56 Å². The summed E-state index contributed by atoms with van der Waals surface area (Å²) in [5.74, 6) is -1.76. The molecule has 3 aromatic rings. The van der Waals surface area contributed by atoms with Crippen LogP contribution in [0, 0.1) is 12.7 Å². The molecule has 4 rings (SSSR count). The van der Waals surface area contributed by atoms with Crippen LogP contribution in [0.25, 0.3) is 0 Å². The molecule has 28 heavy (non-hydrogen) atoms. The first kappa shape index (κ1) is 18.4. The van der Waals surface area contributed by atoms with E-state index in [1.165, 1.54) is 36.4 Å². The van der Waals surface area contributed by atoms with Crippen LogP contribution in [0.5, 0.6) is 5.75 Å². The lowest BCUT2D eigenvalue weighted by molar-refractivity contribution is -0.135. The molecule has 6 heteroatoms. The van der Waals surface area contributed by atoms with Crippen LogP contribution in [0.1, 0.15) is 22.6 Å². The molecule has 1 heterocycles. The van der Waals surface area contributed by atoms with E-state index in [0.29, 0.717) is 16.9 Å². The SMILES string of the molecule is Cc1ccc(S(=O)(=O)C2C(=O)Oc3ccccc3C2c2ccc(F)cc2)cc1. The molecule has 142 valence electrons. The molecule has 0 N–H and O–H groups in total. The fourth-order valence-electron chi connectivity index (χ4n) is 3.50. The van der Waals surface area contributed by atoms with Gasteiger partial charge in [0.2, 0.25) is 0 Å². The van der Waals surface area contributed by atoms with E-state index in [2.05, 4.69) is 0 Å². The molecule has 0 bridgehead atoms. The molecular weight excluding hydrogens is 379 g/mol. The Bertz CT molecular complexity index is 1140. The standard InChI is InChI=1S/C22H17FO4S/c1-14-6-12-17(13-7-14)28(25,26)21-20(15-8-10-16(23)11-9-15)18-4-2-3-5-19(18)27-22(21)24/h2-13,20-21H,1H3. The molecule has 2 unspecified atom stereocenters. The Morgan fingerprint density at radius 1 is 0.893 bits per heavy atom. The third-order valence-corrected chi connectivity index (χ3v) is 6.98. The Balaban J connectivity index is 1.92. The highest BCUT2D eigenvalue weighted by atomic mass is 32.2. The van der Waals surface area contributed by atoms with Crippen molar-refractivity contribution in [2.75, 3.05) is 0 Å². The number of para-hydroxylation sites is 1. The van der Waals surface area contributed by atoms with Crippen LogP contribution in [0.15, 0.2) is 77.7 Å². The van der Waals surface area contributed by atoms with Crippen LogP contribution in [0.3, 0.4) is 0 Å². The molecule has 0 aromatic heterocycles. The van der Waals surface area contributed by atoms with E-state index in [1.807, 2.05) is 6.92 Å². The van der Waals surface area contributed by atoms with Crippen molar-refractivity contribution in [2.24, 2.45) is 0 Å². The fraction of sp³-hybridized carbons (Fsp3) is 0.136. The highest BCUT2D eigenvalue weighted by Gasteiger charge is 2.47. The van der Waals surface area contributed by atoms with Crippen molar-refractivity contribution in [3.8, 4) is 5.75 Å². The predicted octanol–water partition coefficient (Wildman–Crippen LogP) is 4.03. The minimum Gasteiger partial charge on any atom is -0.425 e. The van der Waals surface area contributed by atoms with Gasteiger partial charge in [-0.15, -0.1) is 0 Å². The summed E-state index contributed by atoms with van der Waals surface area (Å²) in [5.41, 5.74) is 2.02. The first-order valence-electron chi connectivity index (χ1n) is 8.74. The Hall–Kier alpha value is -2.99. The summed E-state index contributed by atoms with van der Waals surface area (Å²) < 4.78 is 45.6. The van der Waals surface area contributed by atoms with Gasteiger partial charge in [0.05, 0.1) is 4.90 Å². The number of carbonyl (C=O) groups excluding carboxylic acids is 1. The zero-order valence-electron chi connectivity index (χ0n) is 15.0. The summed E-state index contributed by atoms with van der Waals surface area (Å²) in [6, 6.07) is 18.7. The van der Waals surface area contributed by atoms with E-state index in [1.54, 1.807) is 36.4 Å². The molecule has 0 saturated carbocycles. The van der Waals surface area contributed by atoms with Crippen LogP contribution in [0.4, 0.5) is 4.39 Å². The van der Waals surface area contributed by atoms with Gasteiger partial charge in [0.1, 0.15) is 11.6 Å². The average molecular weight is 396 g/mol. The van der Waals surface area contributed by atoms with Gasteiger partial charge in [0.25, 0.3) is 0 Å². The molecule has 0 spiro atoms. The molecule has 0 radical (unpaired) electrons. The number of hydrogen-bond donors (Lipinski definition) is 0. The van der Waals surface area contributed by atoms with Gasteiger partial charge in [-0.1, -0.05) is 48.0 Å². The third-order valence-electron chi connectivity index (χ3n) is 4.91. The van der Waals surface area contributed by atoms with Crippen molar-refractivity contribution in [3.05, 3.63) is 95.3 Å². The largest absolute Gasteiger partial charge is 0.425 e. The molecule has 0 fully saturated rings. The number of rotatable bonds is 3. The van der Waals surface area contributed by atoms with Crippen molar-refractivity contribution < 1.29 is 22.3 Å². The number of esters is 1. The average Bonchev–Trinajstić information content (AvgIpc) is 2.68. The minimum absolute atomic E-state index is 0.0477. The second-order valence-corrected chi connectivity index (χ2v) is 8.84. The molecule has 4 nitrogen and oxygen atoms in total. The zero-order chi connectivity index (χ0) is 19.9. The Morgan fingerprint density at radius 2 is 1.54 bits per heavy atom. The molecule has 0 saturated heterocycles. The first-order valence-corrected chi connectivity index (χ1v) is 10.3. The summed E-state index contributed by atoms with van der Waals surface area (Å²) in [6.45, 7) is 1.85. The van der Waals surface area contributed by atoms with E-state index in [-0.39, 0.29) is 4.90 Å². The molecule has 1 aliphatic rings. The molecule has 0 amide bonds. The summed E-state index contributed by atoms with van der Waals surface area (Å²) in [4.78, 5) is 12.9. The van der Waals surface area contributed by atoms with E-state index in [4.69, 9.17) is 4.74 Å². The van der Waals surface area contributed by atoms with Gasteiger partial charge in [0.15, 0.2) is 15.1 Å². The summed E-state index contributed by atoms with van der Waals surface area (Å²) in [5, 5.41) is -1.46. The first-order chi connectivity index (χ1) is 13.4. The highest BCUT2D eigenvalue weighted by molar-refractivity contribution is 7.92. The van der Waals surface area contributed by atoms with Crippen molar-refractivity contribution in [3.63, 3.8) is 0 Å². The highest BCUT2D eigenvalue weighted by Crippen LogP contribution is 2.43. The number of carbonyl (C=O) groups is 1. The van der Waals surface area contributed by atoms with Gasteiger partial charge >= 0.3 is 5.97 Å². The van der Waals surface area contributed by atoms with Gasteiger partial charge in [-0.05, 0) is 42.8 Å². The maximum atomic E-state index is 13.5. The van der Waals surface area contributed by atoms with E-state index < -0.39 is 32.8 Å². The number of hydrogen-bond acceptors (Lipinski definition) is 4. The van der Waals surface area contributed by atoms with Crippen LogP contribution >= 0.6 is 0 Å². The number of sulfone groups is 1. The van der Waals surface area contributed by atoms with Gasteiger partial charge in [-0.25, -0.2) is 12.8 Å². The third kappa shape index (κ3) is 3.10. The second kappa shape index (κ2) is 6.87. The predicted molar refractivity (Wildman–Crippen MR) is 102 cm³/mol. The molecule has 3 aromatic carbocycles. The lowest BCUT2D eigenvalue weighted by Crippen LogP contribution is -2.42. The topological polar surface area (TPSA) is 60.4 Å².